The molecule has 1 aromatic carbocycles. The summed E-state index contributed by atoms with van der Waals surface area (Å²) >= 11 is 5.77. The highest BCUT2D eigenvalue weighted by molar-refractivity contribution is 6.28. The quantitative estimate of drug-likeness (QED) is 0.603. The normalized spacial score (nSPS) is 10.8. The van der Waals surface area contributed by atoms with Crippen molar-refractivity contribution in [2.24, 2.45) is 0 Å². The van der Waals surface area contributed by atoms with E-state index in [1.165, 1.54) is 0 Å². The fourth-order valence-electron chi connectivity index (χ4n) is 1.55. The average Bonchev–Trinajstić information content (AvgIpc) is 2.73. The molecule has 0 spiro atoms. The molecule has 5 heteroatoms. The van der Waals surface area contributed by atoms with Gasteiger partial charge in [0.25, 0.3) is 0 Å². The molecule has 0 unspecified atom stereocenters. The van der Waals surface area contributed by atoms with Crippen LogP contribution in [0.4, 0.5) is 0 Å². The lowest BCUT2D eigenvalue weighted by Crippen LogP contribution is -1.97. The van der Waals surface area contributed by atoms with Crippen LogP contribution in [0.15, 0.2) is 42.7 Å². The van der Waals surface area contributed by atoms with Gasteiger partial charge in [-0.25, -0.2) is 9.67 Å². The van der Waals surface area contributed by atoms with Crippen LogP contribution < -0.4 is 0 Å². The molecular weight excluding hydrogens is 224 g/mol. The summed E-state index contributed by atoms with van der Waals surface area (Å²) in [7, 11) is 0. The van der Waals surface area contributed by atoms with E-state index >= 15 is 0 Å². The molecule has 0 aliphatic rings. The summed E-state index contributed by atoms with van der Waals surface area (Å²) in [6.07, 6.45) is 3.38. The van der Waals surface area contributed by atoms with Gasteiger partial charge in [-0.15, -0.1) is 0 Å². The molecule has 0 atom stereocenters. The highest BCUT2D eigenvalue weighted by Crippen LogP contribution is 2.16. The largest absolute Gasteiger partial charge is 0.226 e. The molecule has 0 N–H and O–H groups in total. The minimum atomic E-state index is 0.227. The first-order chi connectivity index (χ1) is 7.84. The molecule has 3 aromatic rings. The number of rotatable bonds is 1. The lowest BCUT2D eigenvalue weighted by Gasteiger charge is -2.01. The molecule has 2 aromatic heterocycles. The summed E-state index contributed by atoms with van der Waals surface area (Å²) in [6, 6.07) is 9.78. The Labute approximate surface area is 96.5 Å². The van der Waals surface area contributed by atoms with Crippen molar-refractivity contribution < 1.29 is 0 Å². The van der Waals surface area contributed by atoms with Crippen LogP contribution in [-0.2, 0) is 0 Å². The first-order valence-electron chi connectivity index (χ1n) is 4.76. The third-order valence-corrected chi connectivity index (χ3v) is 2.46. The monoisotopic (exact) mass is 230 g/mol. The predicted molar refractivity (Wildman–Crippen MR) is 61.7 cm³/mol. The highest BCUT2D eigenvalue weighted by atomic mass is 35.5. The number of aromatic nitrogens is 4. The van der Waals surface area contributed by atoms with Crippen LogP contribution in [0.1, 0.15) is 0 Å². The van der Waals surface area contributed by atoms with Crippen molar-refractivity contribution in [3.8, 4) is 5.69 Å². The first-order valence-corrected chi connectivity index (χ1v) is 5.14. The molecule has 3 rings (SSSR count). The lowest BCUT2D eigenvalue weighted by atomic mass is 10.3. The van der Waals surface area contributed by atoms with Gasteiger partial charge < -0.3 is 0 Å². The van der Waals surface area contributed by atoms with E-state index in [9.17, 15) is 0 Å². The lowest BCUT2D eigenvalue weighted by molar-refractivity contribution is 0.895. The van der Waals surface area contributed by atoms with Gasteiger partial charge in [-0.3, -0.25) is 0 Å². The van der Waals surface area contributed by atoms with Crippen LogP contribution in [0.2, 0.25) is 5.28 Å². The number of fused-ring (bicyclic) bond motifs is 1. The van der Waals surface area contributed by atoms with Crippen molar-refractivity contribution in [3.63, 3.8) is 0 Å². The third-order valence-electron chi connectivity index (χ3n) is 2.28. The Kier molecular flexibility index (Phi) is 2.08. The molecule has 2 heterocycles. The van der Waals surface area contributed by atoms with Crippen LogP contribution in [0.25, 0.3) is 16.7 Å². The van der Waals surface area contributed by atoms with Gasteiger partial charge in [-0.1, -0.05) is 18.2 Å². The zero-order chi connectivity index (χ0) is 11.0. The Hall–Kier alpha value is -1.94. The van der Waals surface area contributed by atoms with Gasteiger partial charge in [0.15, 0.2) is 5.65 Å². The van der Waals surface area contributed by atoms with Crippen LogP contribution in [0, 0.1) is 0 Å². The molecule has 78 valence electrons. The zero-order valence-electron chi connectivity index (χ0n) is 8.21. The van der Waals surface area contributed by atoms with E-state index in [-0.39, 0.29) is 5.28 Å². The van der Waals surface area contributed by atoms with Gasteiger partial charge in [-0.2, -0.15) is 10.1 Å². The smallest absolute Gasteiger partial charge is 0.224 e. The molecule has 0 fully saturated rings. The summed E-state index contributed by atoms with van der Waals surface area (Å²) in [4.78, 5) is 8.08. The molecule has 0 aliphatic carbocycles. The van der Waals surface area contributed by atoms with E-state index in [4.69, 9.17) is 11.6 Å². The SMILES string of the molecule is Clc1ncc2cnn(-c3ccccc3)c2n1. The van der Waals surface area contributed by atoms with Crippen molar-refractivity contribution in [3.05, 3.63) is 48.0 Å². The van der Waals surface area contributed by atoms with E-state index in [1.54, 1.807) is 17.1 Å². The summed E-state index contributed by atoms with van der Waals surface area (Å²) in [5, 5.41) is 5.36. The number of hydrogen-bond acceptors (Lipinski definition) is 3. The maximum Gasteiger partial charge on any atom is 0.224 e. The zero-order valence-corrected chi connectivity index (χ0v) is 8.96. The molecule has 0 saturated carbocycles. The van der Waals surface area contributed by atoms with Crippen molar-refractivity contribution in [2.75, 3.05) is 0 Å². The molecular formula is C11H7ClN4. The predicted octanol–water partition coefficient (Wildman–Crippen LogP) is 2.47. The maximum atomic E-state index is 5.77. The van der Waals surface area contributed by atoms with E-state index < -0.39 is 0 Å². The minimum absolute atomic E-state index is 0.227. The average molecular weight is 231 g/mol. The van der Waals surface area contributed by atoms with E-state index in [0.717, 1.165) is 11.1 Å². The van der Waals surface area contributed by atoms with Gasteiger partial charge in [-0.05, 0) is 23.7 Å². The molecule has 4 nitrogen and oxygen atoms in total. The van der Waals surface area contributed by atoms with Gasteiger partial charge >= 0.3 is 0 Å². The van der Waals surface area contributed by atoms with E-state index in [0.29, 0.717) is 5.65 Å². The van der Waals surface area contributed by atoms with E-state index in [2.05, 4.69) is 15.1 Å². The summed E-state index contributed by atoms with van der Waals surface area (Å²) in [5.41, 5.74) is 1.67. The second-order valence-corrected chi connectivity index (χ2v) is 3.65. The topological polar surface area (TPSA) is 43.6 Å². The van der Waals surface area contributed by atoms with Crippen LogP contribution in [-0.4, -0.2) is 19.7 Å². The fourth-order valence-corrected chi connectivity index (χ4v) is 1.68. The van der Waals surface area contributed by atoms with Crippen LogP contribution >= 0.6 is 11.6 Å². The molecule has 0 aliphatic heterocycles. The van der Waals surface area contributed by atoms with Gasteiger partial charge in [0, 0.05) is 6.20 Å². The standard InChI is InChI=1S/C11H7ClN4/c12-11-13-6-8-7-14-16(10(8)15-11)9-4-2-1-3-5-9/h1-7H. The van der Waals surface area contributed by atoms with Crippen LogP contribution in [0.3, 0.4) is 0 Å². The number of para-hydroxylation sites is 1. The number of hydrogen-bond donors (Lipinski definition) is 0. The Morgan fingerprint density at radius 2 is 1.88 bits per heavy atom. The summed E-state index contributed by atoms with van der Waals surface area (Å²) in [5.74, 6) is 0. The van der Waals surface area contributed by atoms with Crippen molar-refractivity contribution in [2.45, 2.75) is 0 Å². The number of benzene rings is 1. The Balaban J connectivity index is 2.29. The third kappa shape index (κ3) is 1.44. The Morgan fingerprint density at radius 3 is 2.69 bits per heavy atom. The van der Waals surface area contributed by atoms with Gasteiger partial charge in [0.2, 0.25) is 5.28 Å². The summed E-state index contributed by atoms with van der Waals surface area (Å²) < 4.78 is 1.74. The molecule has 0 amide bonds. The number of nitrogens with zero attached hydrogens (tertiary/aromatic N) is 4. The van der Waals surface area contributed by atoms with Crippen molar-refractivity contribution >= 4 is 22.6 Å². The maximum absolute atomic E-state index is 5.77. The Bertz CT molecular complexity index is 633. The first kappa shape index (κ1) is 9.30. The second-order valence-electron chi connectivity index (χ2n) is 3.31. The number of halogens is 1. The van der Waals surface area contributed by atoms with Crippen molar-refractivity contribution in [1.82, 2.24) is 19.7 Å². The second kappa shape index (κ2) is 3.57. The molecule has 0 radical (unpaired) electrons. The highest BCUT2D eigenvalue weighted by Gasteiger charge is 2.06. The Morgan fingerprint density at radius 1 is 1.06 bits per heavy atom. The van der Waals surface area contributed by atoms with Crippen molar-refractivity contribution in [1.29, 1.82) is 0 Å². The van der Waals surface area contributed by atoms with Gasteiger partial charge in [0.1, 0.15) is 0 Å². The van der Waals surface area contributed by atoms with Gasteiger partial charge in [0.05, 0.1) is 17.3 Å². The summed E-state index contributed by atoms with van der Waals surface area (Å²) in [6.45, 7) is 0. The van der Waals surface area contributed by atoms with Crippen LogP contribution in [0.5, 0.6) is 0 Å². The van der Waals surface area contributed by atoms with E-state index in [1.807, 2.05) is 30.3 Å². The minimum Gasteiger partial charge on any atom is -0.226 e. The molecule has 0 saturated heterocycles. The molecule has 16 heavy (non-hydrogen) atoms. The molecule has 0 bridgehead atoms. The fraction of sp³-hybridized carbons (Fsp3) is 0.